The summed E-state index contributed by atoms with van der Waals surface area (Å²) in [5.74, 6) is -0.630. The molecule has 4 rings (SSSR count). The molecule has 0 radical (unpaired) electrons. The van der Waals surface area contributed by atoms with Crippen LogP contribution in [0.2, 0.25) is 0 Å². The number of halogens is 1. The number of aromatic nitrogens is 1. The molecule has 0 bridgehead atoms. The molecule has 0 aliphatic rings. The summed E-state index contributed by atoms with van der Waals surface area (Å²) in [6.45, 7) is 4.21. The van der Waals surface area contributed by atoms with Crippen molar-refractivity contribution in [2.45, 2.75) is 20.3 Å². The van der Waals surface area contributed by atoms with Crippen LogP contribution in [0.25, 0.3) is 10.9 Å². The van der Waals surface area contributed by atoms with Gasteiger partial charge in [-0.25, -0.2) is 4.39 Å². The number of carbonyl (C=O) groups is 1. The van der Waals surface area contributed by atoms with Gasteiger partial charge in [0.05, 0.1) is 0 Å². The molecule has 0 aliphatic heterocycles. The Bertz CT molecular complexity index is 1160. The predicted molar refractivity (Wildman–Crippen MR) is 111 cm³/mol. The summed E-state index contributed by atoms with van der Waals surface area (Å²) < 4.78 is 13.3. The maximum Gasteiger partial charge on any atom is 0.255 e. The van der Waals surface area contributed by atoms with E-state index in [1.165, 1.54) is 34.3 Å². The van der Waals surface area contributed by atoms with E-state index >= 15 is 0 Å². The van der Waals surface area contributed by atoms with Crippen LogP contribution in [0.3, 0.4) is 0 Å². The Morgan fingerprint density at radius 1 is 0.964 bits per heavy atom. The van der Waals surface area contributed by atoms with Gasteiger partial charge < -0.3 is 10.3 Å². The third-order valence-electron chi connectivity index (χ3n) is 5.08. The molecule has 28 heavy (non-hydrogen) atoms. The van der Waals surface area contributed by atoms with Crippen molar-refractivity contribution in [2.24, 2.45) is 0 Å². The summed E-state index contributed by atoms with van der Waals surface area (Å²) in [4.78, 5) is 15.7. The summed E-state index contributed by atoms with van der Waals surface area (Å²) in [5.41, 5.74) is 6.98. The van der Waals surface area contributed by atoms with Gasteiger partial charge in [-0.3, -0.25) is 4.79 Å². The number of fused-ring (bicyclic) bond motifs is 1. The standard InChI is InChI=1S/C24H21FN2O/c1-15-16(2)26-23-11-8-18(13-22(15)23)12-17-6-9-19(10-7-17)24(28)27-21-5-3-4-20(25)14-21/h3-11,13-14,26H,12H2,1-2H3,(H,27,28). The second-order valence-electron chi connectivity index (χ2n) is 7.09. The Hall–Kier alpha value is -3.40. The van der Waals surface area contributed by atoms with Gasteiger partial charge in [0, 0.05) is 27.8 Å². The number of anilines is 1. The minimum Gasteiger partial charge on any atom is -0.358 e. The zero-order chi connectivity index (χ0) is 19.7. The third kappa shape index (κ3) is 3.67. The zero-order valence-electron chi connectivity index (χ0n) is 15.8. The maximum atomic E-state index is 13.3. The molecular formula is C24H21FN2O. The molecule has 0 saturated carbocycles. The fourth-order valence-corrected chi connectivity index (χ4v) is 3.40. The van der Waals surface area contributed by atoms with E-state index in [2.05, 4.69) is 42.3 Å². The molecule has 0 fully saturated rings. The van der Waals surface area contributed by atoms with E-state index in [4.69, 9.17) is 0 Å². The Kier molecular flexibility index (Phi) is 4.70. The van der Waals surface area contributed by atoms with Gasteiger partial charge in [-0.05, 0) is 79.4 Å². The minimum atomic E-state index is -0.377. The van der Waals surface area contributed by atoms with Crippen LogP contribution in [0.5, 0.6) is 0 Å². The first-order chi connectivity index (χ1) is 13.5. The molecule has 3 nitrogen and oxygen atoms in total. The number of carbonyl (C=O) groups excluding carboxylic acids is 1. The van der Waals surface area contributed by atoms with Crippen LogP contribution < -0.4 is 5.32 Å². The Balaban J connectivity index is 1.48. The van der Waals surface area contributed by atoms with Crippen molar-refractivity contribution in [2.75, 3.05) is 5.32 Å². The van der Waals surface area contributed by atoms with Gasteiger partial charge >= 0.3 is 0 Å². The van der Waals surface area contributed by atoms with E-state index in [9.17, 15) is 9.18 Å². The second-order valence-corrected chi connectivity index (χ2v) is 7.09. The molecule has 140 valence electrons. The van der Waals surface area contributed by atoms with Gasteiger partial charge in [0.2, 0.25) is 0 Å². The van der Waals surface area contributed by atoms with E-state index in [1.54, 1.807) is 24.3 Å². The largest absolute Gasteiger partial charge is 0.358 e. The predicted octanol–water partition coefficient (Wildman–Crippen LogP) is 5.77. The van der Waals surface area contributed by atoms with Gasteiger partial charge in [-0.15, -0.1) is 0 Å². The molecule has 0 atom stereocenters. The average Bonchev–Trinajstić information content (AvgIpc) is 2.96. The number of amides is 1. The van der Waals surface area contributed by atoms with Crippen LogP contribution in [0.4, 0.5) is 10.1 Å². The Morgan fingerprint density at radius 3 is 2.46 bits per heavy atom. The highest BCUT2D eigenvalue weighted by Crippen LogP contribution is 2.23. The molecule has 1 aromatic heterocycles. The van der Waals surface area contributed by atoms with Crippen LogP contribution in [0.1, 0.15) is 32.7 Å². The number of hydrogen-bond acceptors (Lipinski definition) is 1. The number of benzene rings is 3. The van der Waals surface area contributed by atoms with Crippen molar-refractivity contribution >= 4 is 22.5 Å². The lowest BCUT2D eigenvalue weighted by Crippen LogP contribution is -2.11. The fourth-order valence-electron chi connectivity index (χ4n) is 3.40. The van der Waals surface area contributed by atoms with Gasteiger partial charge in [0.1, 0.15) is 5.82 Å². The summed E-state index contributed by atoms with van der Waals surface area (Å²) >= 11 is 0. The first-order valence-corrected chi connectivity index (χ1v) is 9.23. The van der Waals surface area contributed by atoms with Crippen molar-refractivity contribution in [3.63, 3.8) is 0 Å². The SMILES string of the molecule is Cc1[nH]c2ccc(Cc3ccc(C(=O)Nc4cccc(F)c4)cc3)cc2c1C. The summed E-state index contributed by atoms with van der Waals surface area (Å²) in [7, 11) is 0. The smallest absolute Gasteiger partial charge is 0.255 e. The lowest BCUT2D eigenvalue weighted by molar-refractivity contribution is 0.102. The van der Waals surface area contributed by atoms with Crippen molar-refractivity contribution in [3.8, 4) is 0 Å². The molecule has 1 amide bonds. The molecule has 0 saturated heterocycles. The van der Waals surface area contributed by atoms with Crippen molar-refractivity contribution in [3.05, 3.63) is 100 Å². The molecule has 2 N–H and O–H groups in total. The van der Waals surface area contributed by atoms with Crippen molar-refractivity contribution in [1.82, 2.24) is 4.98 Å². The molecule has 4 aromatic rings. The van der Waals surface area contributed by atoms with E-state index in [-0.39, 0.29) is 11.7 Å². The summed E-state index contributed by atoms with van der Waals surface area (Å²) in [5, 5.41) is 3.97. The summed E-state index contributed by atoms with van der Waals surface area (Å²) in [6.07, 6.45) is 0.797. The molecule has 0 aliphatic carbocycles. The quantitative estimate of drug-likeness (QED) is 0.469. The van der Waals surface area contributed by atoms with Crippen LogP contribution in [0.15, 0.2) is 66.7 Å². The highest BCUT2D eigenvalue weighted by atomic mass is 19.1. The van der Waals surface area contributed by atoms with E-state index in [0.29, 0.717) is 11.3 Å². The van der Waals surface area contributed by atoms with Crippen LogP contribution in [0, 0.1) is 19.7 Å². The number of aromatic amines is 1. The van der Waals surface area contributed by atoms with Crippen molar-refractivity contribution in [1.29, 1.82) is 0 Å². The average molecular weight is 372 g/mol. The third-order valence-corrected chi connectivity index (χ3v) is 5.08. The van der Waals surface area contributed by atoms with E-state index in [1.807, 2.05) is 12.1 Å². The van der Waals surface area contributed by atoms with Crippen LogP contribution in [-0.4, -0.2) is 10.9 Å². The molecular weight excluding hydrogens is 351 g/mol. The first kappa shape index (κ1) is 18.0. The number of rotatable bonds is 4. The van der Waals surface area contributed by atoms with E-state index in [0.717, 1.165) is 17.5 Å². The van der Waals surface area contributed by atoms with Crippen LogP contribution >= 0.6 is 0 Å². The lowest BCUT2D eigenvalue weighted by Gasteiger charge is -2.07. The topological polar surface area (TPSA) is 44.9 Å². The normalized spacial score (nSPS) is 11.0. The van der Waals surface area contributed by atoms with Gasteiger partial charge in [0.25, 0.3) is 5.91 Å². The maximum absolute atomic E-state index is 13.3. The van der Waals surface area contributed by atoms with Crippen molar-refractivity contribution < 1.29 is 9.18 Å². The fraction of sp³-hybridized carbons (Fsp3) is 0.125. The molecule has 4 heteroatoms. The van der Waals surface area contributed by atoms with Gasteiger partial charge in [-0.2, -0.15) is 0 Å². The summed E-state index contributed by atoms with van der Waals surface area (Å²) in [6, 6.07) is 19.9. The van der Waals surface area contributed by atoms with Crippen LogP contribution in [-0.2, 0) is 6.42 Å². The highest BCUT2D eigenvalue weighted by Gasteiger charge is 2.08. The monoisotopic (exact) mass is 372 g/mol. The molecule has 1 heterocycles. The second kappa shape index (κ2) is 7.31. The van der Waals surface area contributed by atoms with Gasteiger partial charge in [-0.1, -0.05) is 24.3 Å². The molecule has 0 unspecified atom stereocenters. The Morgan fingerprint density at radius 2 is 1.71 bits per heavy atom. The minimum absolute atomic E-state index is 0.253. The number of H-pyrrole nitrogens is 1. The number of aryl methyl sites for hydroxylation is 2. The lowest BCUT2D eigenvalue weighted by atomic mass is 10.0. The number of hydrogen-bond donors (Lipinski definition) is 2. The molecule has 3 aromatic carbocycles. The highest BCUT2D eigenvalue weighted by molar-refractivity contribution is 6.04. The zero-order valence-corrected chi connectivity index (χ0v) is 15.8. The first-order valence-electron chi connectivity index (χ1n) is 9.23. The van der Waals surface area contributed by atoms with Gasteiger partial charge in [0.15, 0.2) is 0 Å². The number of nitrogens with one attached hydrogen (secondary N) is 2. The van der Waals surface area contributed by atoms with E-state index < -0.39 is 0 Å². The Labute approximate surface area is 163 Å². The molecule has 0 spiro atoms.